The number of aromatic nitrogens is 2. The third-order valence-corrected chi connectivity index (χ3v) is 3.58. The fraction of sp³-hybridized carbons (Fsp3) is 0.412. The van der Waals surface area contributed by atoms with Gasteiger partial charge in [-0.15, -0.1) is 12.4 Å². The minimum absolute atomic E-state index is 0. The highest BCUT2D eigenvalue weighted by Crippen LogP contribution is 2.33. The van der Waals surface area contributed by atoms with E-state index >= 15 is 0 Å². The fourth-order valence-corrected chi connectivity index (χ4v) is 2.33. The van der Waals surface area contributed by atoms with Crippen LogP contribution in [-0.2, 0) is 6.18 Å². The number of alkyl halides is 3. The lowest BCUT2D eigenvalue weighted by Crippen LogP contribution is -2.33. The Morgan fingerprint density at radius 2 is 1.81 bits per heavy atom. The van der Waals surface area contributed by atoms with Crippen LogP contribution in [-0.4, -0.2) is 35.3 Å². The molecular formula is C17H22ClF3N4O. The number of nitrogens with one attached hydrogen (secondary N) is 2. The normalized spacial score (nSPS) is 11.1. The zero-order valence-electron chi connectivity index (χ0n) is 14.6. The molecule has 1 amide bonds. The number of carbonyl (C=O) groups is 1. The number of amides is 1. The molecule has 0 aliphatic heterocycles. The summed E-state index contributed by atoms with van der Waals surface area (Å²) in [7, 11) is 0. The van der Waals surface area contributed by atoms with E-state index in [2.05, 4.69) is 15.7 Å². The third kappa shape index (κ3) is 5.47. The molecule has 0 saturated carbocycles. The van der Waals surface area contributed by atoms with E-state index in [1.165, 1.54) is 12.1 Å². The molecule has 0 aliphatic rings. The largest absolute Gasteiger partial charge is 0.434 e. The van der Waals surface area contributed by atoms with Gasteiger partial charge in [-0.05, 0) is 32.0 Å². The number of benzene rings is 1. The SMILES string of the molecule is CCCNCCNC(=O)c1cnn(-c2ccc(C)cc2)c1C(F)(F)F.Cl. The first-order valence-corrected chi connectivity index (χ1v) is 8.05. The van der Waals surface area contributed by atoms with Crippen molar-refractivity contribution in [1.82, 2.24) is 20.4 Å². The molecule has 144 valence electrons. The van der Waals surface area contributed by atoms with Crippen molar-refractivity contribution < 1.29 is 18.0 Å². The molecule has 0 saturated heterocycles. The molecule has 1 aromatic heterocycles. The molecule has 0 radical (unpaired) electrons. The first-order valence-electron chi connectivity index (χ1n) is 8.05. The summed E-state index contributed by atoms with van der Waals surface area (Å²) in [5, 5.41) is 9.34. The zero-order valence-corrected chi connectivity index (χ0v) is 15.4. The monoisotopic (exact) mass is 390 g/mol. The van der Waals surface area contributed by atoms with Crippen LogP contribution in [0.1, 0.15) is 35.0 Å². The predicted molar refractivity (Wildman–Crippen MR) is 96.0 cm³/mol. The lowest BCUT2D eigenvalue weighted by molar-refractivity contribution is -0.143. The van der Waals surface area contributed by atoms with Gasteiger partial charge in [-0.25, -0.2) is 4.68 Å². The molecule has 26 heavy (non-hydrogen) atoms. The first kappa shape index (κ1) is 22.0. The molecule has 2 N–H and O–H groups in total. The highest BCUT2D eigenvalue weighted by Gasteiger charge is 2.40. The van der Waals surface area contributed by atoms with Crippen LogP contribution in [0.4, 0.5) is 13.2 Å². The summed E-state index contributed by atoms with van der Waals surface area (Å²) in [5.74, 6) is -0.788. The molecule has 2 rings (SSSR count). The van der Waals surface area contributed by atoms with Crippen LogP contribution in [0.25, 0.3) is 5.69 Å². The summed E-state index contributed by atoms with van der Waals surface area (Å²) < 4.78 is 41.3. The molecule has 0 unspecified atom stereocenters. The fourth-order valence-electron chi connectivity index (χ4n) is 2.33. The number of halogens is 4. The van der Waals surface area contributed by atoms with Crippen molar-refractivity contribution in [3.05, 3.63) is 47.3 Å². The highest BCUT2D eigenvalue weighted by molar-refractivity contribution is 5.95. The van der Waals surface area contributed by atoms with Crippen molar-refractivity contribution in [3.8, 4) is 5.69 Å². The van der Waals surface area contributed by atoms with Crippen LogP contribution in [0.3, 0.4) is 0 Å². The Balaban J connectivity index is 0.00000338. The van der Waals surface area contributed by atoms with Crippen molar-refractivity contribution >= 4 is 18.3 Å². The lowest BCUT2D eigenvalue weighted by Gasteiger charge is -2.13. The number of carbonyl (C=O) groups excluding carboxylic acids is 1. The van der Waals surface area contributed by atoms with Gasteiger partial charge < -0.3 is 10.6 Å². The third-order valence-electron chi connectivity index (χ3n) is 3.58. The molecule has 1 heterocycles. The summed E-state index contributed by atoms with van der Waals surface area (Å²) in [6, 6.07) is 6.45. The van der Waals surface area contributed by atoms with Gasteiger partial charge in [-0.1, -0.05) is 24.6 Å². The Morgan fingerprint density at radius 1 is 1.15 bits per heavy atom. The summed E-state index contributed by atoms with van der Waals surface area (Å²) in [4.78, 5) is 12.2. The average Bonchev–Trinajstić information content (AvgIpc) is 3.00. The average molecular weight is 391 g/mol. The first-order chi connectivity index (χ1) is 11.8. The van der Waals surface area contributed by atoms with Gasteiger partial charge in [0.2, 0.25) is 0 Å². The Morgan fingerprint density at radius 3 is 2.38 bits per heavy atom. The summed E-state index contributed by atoms with van der Waals surface area (Å²) in [6.07, 6.45) is -2.80. The van der Waals surface area contributed by atoms with E-state index in [1.54, 1.807) is 12.1 Å². The van der Waals surface area contributed by atoms with Crippen LogP contribution < -0.4 is 10.6 Å². The second-order valence-electron chi connectivity index (χ2n) is 5.66. The maximum atomic E-state index is 13.5. The molecule has 9 heteroatoms. The minimum atomic E-state index is -4.70. The maximum absolute atomic E-state index is 13.5. The Hall–Kier alpha value is -2.06. The van der Waals surface area contributed by atoms with E-state index in [0.29, 0.717) is 6.54 Å². The molecular weight excluding hydrogens is 369 g/mol. The van der Waals surface area contributed by atoms with Crippen molar-refractivity contribution in [2.45, 2.75) is 26.4 Å². The van der Waals surface area contributed by atoms with Crippen molar-refractivity contribution in [2.75, 3.05) is 19.6 Å². The van der Waals surface area contributed by atoms with E-state index in [1.807, 2.05) is 13.8 Å². The summed E-state index contributed by atoms with van der Waals surface area (Å²) in [5.41, 5.74) is -0.387. The topological polar surface area (TPSA) is 58.9 Å². The number of aryl methyl sites for hydroxylation is 1. The van der Waals surface area contributed by atoms with E-state index in [-0.39, 0.29) is 24.6 Å². The minimum Gasteiger partial charge on any atom is -0.351 e. The van der Waals surface area contributed by atoms with Crippen LogP contribution in [0.2, 0.25) is 0 Å². The van der Waals surface area contributed by atoms with Gasteiger partial charge in [0, 0.05) is 13.1 Å². The van der Waals surface area contributed by atoms with Crippen molar-refractivity contribution in [1.29, 1.82) is 0 Å². The van der Waals surface area contributed by atoms with Crippen LogP contribution in [0.15, 0.2) is 30.5 Å². The van der Waals surface area contributed by atoms with E-state index < -0.39 is 23.3 Å². The number of nitrogens with zero attached hydrogens (tertiary/aromatic N) is 2. The molecule has 5 nitrogen and oxygen atoms in total. The molecule has 0 aliphatic carbocycles. The number of hydrogen-bond acceptors (Lipinski definition) is 3. The number of rotatable bonds is 7. The van der Waals surface area contributed by atoms with Gasteiger partial charge in [0.15, 0.2) is 5.69 Å². The number of hydrogen-bond donors (Lipinski definition) is 2. The molecule has 0 bridgehead atoms. The van der Waals surface area contributed by atoms with Gasteiger partial charge in [-0.2, -0.15) is 18.3 Å². The van der Waals surface area contributed by atoms with Gasteiger partial charge in [0.25, 0.3) is 5.91 Å². The Kier molecular flexibility index (Phi) is 8.10. The highest BCUT2D eigenvalue weighted by atomic mass is 35.5. The van der Waals surface area contributed by atoms with Gasteiger partial charge in [-0.3, -0.25) is 4.79 Å². The lowest BCUT2D eigenvalue weighted by atomic mass is 10.2. The molecule has 2 aromatic rings. The van der Waals surface area contributed by atoms with Gasteiger partial charge >= 0.3 is 6.18 Å². The summed E-state index contributed by atoms with van der Waals surface area (Å²) in [6.45, 7) is 5.36. The second kappa shape index (κ2) is 9.59. The standard InChI is InChI=1S/C17H21F3N4O.ClH/c1-3-8-21-9-10-22-16(25)14-11-23-24(15(14)17(18,19)20)13-6-4-12(2)5-7-13;/h4-7,11,21H,3,8-10H2,1-2H3,(H,22,25);1H. The van der Waals surface area contributed by atoms with Gasteiger partial charge in [0.1, 0.15) is 0 Å². The predicted octanol–water partition coefficient (Wildman–Crippen LogP) is 3.35. The molecule has 0 fully saturated rings. The molecule has 0 spiro atoms. The molecule has 1 aromatic carbocycles. The maximum Gasteiger partial charge on any atom is 0.434 e. The van der Waals surface area contributed by atoms with Crippen LogP contribution in [0.5, 0.6) is 0 Å². The Bertz CT molecular complexity index is 714. The van der Waals surface area contributed by atoms with E-state index in [0.717, 1.165) is 29.4 Å². The van der Waals surface area contributed by atoms with Gasteiger partial charge in [0.05, 0.1) is 17.4 Å². The van der Waals surface area contributed by atoms with Crippen LogP contribution in [0, 0.1) is 6.92 Å². The van der Waals surface area contributed by atoms with Crippen LogP contribution >= 0.6 is 12.4 Å². The quantitative estimate of drug-likeness (QED) is 0.713. The van der Waals surface area contributed by atoms with Crippen molar-refractivity contribution in [2.24, 2.45) is 0 Å². The summed E-state index contributed by atoms with van der Waals surface area (Å²) >= 11 is 0. The smallest absolute Gasteiger partial charge is 0.351 e. The van der Waals surface area contributed by atoms with Crippen molar-refractivity contribution in [3.63, 3.8) is 0 Å². The van der Waals surface area contributed by atoms with E-state index in [4.69, 9.17) is 0 Å². The van der Waals surface area contributed by atoms with E-state index in [9.17, 15) is 18.0 Å². The zero-order chi connectivity index (χ0) is 18.4. The molecule has 0 atom stereocenters. The Labute approximate surface area is 156 Å². The second-order valence-corrected chi connectivity index (χ2v) is 5.66.